The minimum absolute atomic E-state index is 0.159. The van der Waals surface area contributed by atoms with Crippen LogP contribution in [0.1, 0.15) is 55.7 Å². The second kappa shape index (κ2) is 11.7. The Morgan fingerprint density at radius 2 is 1.85 bits per heavy atom. The third kappa shape index (κ3) is 5.35. The van der Waals surface area contributed by atoms with Gasteiger partial charge in [-0.1, -0.05) is 30.3 Å². The lowest BCUT2D eigenvalue weighted by molar-refractivity contribution is -0.139. The van der Waals surface area contributed by atoms with E-state index in [1.807, 2.05) is 29.9 Å². The van der Waals surface area contributed by atoms with Crippen LogP contribution in [-0.4, -0.2) is 102 Å². The Morgan fingerprint density at radius 1 is 1.02 bits per heavy atom. The van der Waals surface area contributed by atoms with Crippen molar-refractivity contribution in [2.75, 3.05) is 39.3 Å². The topological polar surface area (TPSA) is 116 Å². The number of aromatic nitrogens is 5. The molecular formula is C34H44N10O2. The minimum atomic E-state index is -0.335. The van der Waals surface area contributed by atoms with Crippen molar-refractivity contribution >= 4 is 17.4 Å². The predicted molar refractivity (Wildman–Crippen MR) is 173 cm³/mol. The summed E-state index contributed by atoms with van der Waals surface area (Å²) in [5.41, 5.74) is 11.3. The van der Waals surface area contributed by atoms with E-state index in [0.29, 0.717) is 44.0 Å². The summed E-state index contributed by atoms with van der Waals surface area (Å²) in [6, 6.07) is 9.28. The normalized spacial score (nSPS) is 30.0. The fourth-order valence-electron chi connectivity index (χ4n) is 8.67. The van der Waals surface area contributed by atoms with Gasteiger partial charge in [0.05, 0.1) is 24.2 Å². The summed E-state index contributed by atoms with van der Waals surface area (Å²) in [7, 11) is 3.82. The van der Waals surface area contributed by atoms with Crippen molar-refractivity contribution in [1.29, 1.82) is 0 Å². The standard InChI is InChI=1S/C34H44N10O2/c1-40-19-26(18-36-40)31-28-17-27(7-8-29(28)37-38-31)44-16-12-34(33(44)46)11-15-42(21-34)20-30(45)43-13-9-24(10-14-43)23-3-5-25(6-4-23)32-35-22-41(2)39-32/h3-6,9,18-19,22,27-29,31,37-38H,7-8,10-17,20-21H2,1-2H3/t27?,28?,29?,31?,34-/m0/s1. The number of benzene rings is 1. The number of rotatable bonds is 6. The van der Waals surface area contributed by atoms with Gasteiger partial charge in [-0.15, -0.1) is 0 Å². The summed E-state index contributed by atoms with van der Waals surface area (Å²) < 4.78 is 3.56. The lowest BCUT2D eigenvalue weighted by Gasteiger charge is -2.38. The van der Waals surface area contributed by atoms with E-state index in [1.165, 1.54) is 16.7 Å². The van der Waals surface area contributed by atoms with Gasteiger partial charge in [0.15, 0.2) is 5.82 Å². The fourth-order valence-corrected chi connectivity index (χ4v) is 8.67. The molecule has 1 aromatic carbocycles. The summed E-state index contributed by atoms with van der Waals surface area (Å²) in [6.07, 6.45) is 13.6. The van der Waals surface area contributed by atoms with Crippen molar-refractivity contribution in [3.8, 4) is 11.4 Å². The van der Waals surface area contributed by atoms with Crippen LogP contribution < -0.4 is 10.9 Å². The largest absolute Gasteiger partial charge is 0.339 e. The number of likely N-dealkylation sites (tertiary alicyclic amines) is 2. The van der Waals surface area contributed by atoms with Gasteiger partial charge >= 0.3 is 0 Å². The third-order valence-electron chi connectivity index (χ3n) is 11.3. The molecule has 8 rings (SSSR count). The Labute approximate surface area is 269 Å². The summed E-state index contributed by atoms with van der Waals surface area (Å²) in [6.45, 7) is 4.07. The molecule has 0 radical (unpaired) electrons. The maximum Gasteiger partial charge on any atom is 0.237 e. The molecule has 5 atom stereocenters. The SMILES string of the molecule is Cn1cc(C2NNC3CCC(N4CC[C@]5(CCN(CC(=O)N6CC=C(c7ccc(-c8ncn(C)n8)cc7)CC6)C5)C4=O)CC32)cn1. The summed E-state index contributed by atoms with van der Waals surface area (Å²) >= 11 is 0. The highest BCUT2D eigenvalue weighted by Crippen LogP contribution is 2.45. The van der Waals surface area contributed by atoms with E-state index in [9.17, 15) is 9.59 Å². The Bertz CT molecular complexity index is 1640. The van der Waals surface area contributed by atoms with Crippen LogP contribution in [0.25, 0.3) is 17.0 Å². The highest BCUT2D eigenvalue weighted by molar-refractivity contribution is 5.86. The molecule has 1 aliphatic carbocycles. The van der Waals surface area contributed by atoms with Crippen LogP contribution in [0.5, 0.6) is 0 Å². The van der Waals surface area contributed by atoms with E-state index in [4.69, 9.17) is 0 Å². The first-order chi connectivity index (χ1) is 22.3. The van der Waals surface area contributed by atoms with Gasteiger partial charge in [-0.25, -0.2) is 10.4 Å². The van der Waals surface area contributed by atoms with Crippen LogP contribution in [-0.2, 0) is 23.7 Å². The molecule has 12 nitrogen and oxygen atoms in total. The van der Waals surface area contributed by atoms with Gasteiger partial charge in [0, 0.05) is 69.7 Å². The van der Waals surface area contributed by atoms with Gasteiger partial charge in [-0.3, -0.25) is 29.3 Å². The van der Waals surface area contributed by atoms with E-state index in [1.54, 1.807) is 11.0 Å². The number of nitrogens with zero attached hydrogens (tertiary/aromatic N) is 8. The summed E-state index contributed by atoms with van der Waals surface area (Å²) in [5, 5.41) is 8.77. The molecule has 1 spiro atoms. The van der Waals surface area contributed by atoms with Gasteiger partial charge in [0.1, 0.15) is 6.33 Å². The van der Waals surface area contributed by atoms with E-state index < -0.39 is 0 Å². The maximum absolute atomic E-state index is 14.0. The van der Waals surface area contributed by atoms with Crippen molar-refractivity contribution in [2.24, 2.45) is 25.4 Å². The molecule has 3 aromatic rings. The minimum Gasteiger partial charge on any atom is -0.339 e. The average molecular weight is 625 g/mol. The monoisotopic (exact) mass is 624 g/mol. The molecule has 1 saturated carbocycles. The average Bonchev–Trinajstić information content (AvgIpc) is 3.91. The number of carbonyl (C=O) groups is 2. The first-order valence-electron chi connectivity index (χ1n) is 16.8. The zero-order chi connectivity index (χ0) is 31.4. The Balaban J connectivity index is 0.848. The number of nitrogens with one attached hydrogen (secondary N) is 2. The first-order valence-corrected chi connectivity index (χ1v) is 16.8. The molecular weight excluding hydrogens is 580 g/mol. The number of aryl methyl sites for hydroxylation is 2. The van der Waals surface area contributed by atoms with E-state index in [2.05, 4.69) is 72.4 Å². The van der Waals surface area contributed by atoms with Crippen LogP contribution >= 0.6 is 0 Å². The fraction of sp³-hybridized carbons (Fsp3) is 0.559. The van der Waals surface area contributed by atoms with Crippen LogP contribution in [0.2, 0.25) is 0 Å². The summed E-state index contributed by atoms with van der Waals surface area (Å²) in [4.78, 5) is 38.1. The number of hydrogen-bond acceptors (Lipinski definition) is 8. The van der Waals surface area contributed by atoms with Crippen molar-refractivity contribution in [2.45, 2.75) is 56.7 Å². The molecule has 6 heterocycles. The molecule has 4 fully saturated rings. The first kappa shape index (κ1) is 29.5. The van der Waals surface area contributed by atoms with Crippen molar-refractivity contribution in [3.05, 3.63) is 60.2 Å². The quantitative estimate of drug-likeness (QED) is 0.429. The zero-order valence-corrected chi connectivity index (χ0v) is 26.8. The number of fused-ring (bicyclic) bond motifs is 1. The molecule has 3 saturated heterocycles. The van der Waals surface area contributed by atoms with Crippen LogP contribution in [0, 0.1) is 11.3 Å². The van der Waals surface area contributed by atoms with Crippen molar-refractivity contribution in [1.82, 2.24) is 50.1 Å². The second-order valence-corrected chi connectivity index (χ2v) is 14.1. The Morgan fingerprint density at radius 3 is 2.59 bits per heavy atom. The van der Waals surface area contributed by atoms with Gasteiger partial charge in [0.2, 0.25) is 11.8 Å². The zero-order valence-electron chi connectivity index (χ0n) is 26.8. The maximum atomic E-state index is 14.0. The Kier molecular flexibility index (Phi) is 7.53. The predicted octanol–water partition coefficient (Wildman–Crippen LogP) is 2.14. The molecule has 4 unspecified atom stereocenters. The van der Waals surface area contributed by atoms with Gasteiger partial charge in [0.25, 0.3) is 0 Å². The van der Waals surface area contributed by atoms with Crippen LogP contribution in [0.4, 0.5) is 0 Å². The molecule has 5 aliphatic rings. The lowest BCUT2D eigenvalue weighted by atomic mass is 9.77. The van der Waals surface area contributed by atoms with E-state index in [0.717, 1.165) is 63.0 Å². The highest BCUT2D eigenvalue weighted by atomic mass is 16.2. The molecule has 2 N–H and O–H groups in total. The van der Waals surface area contributed by atoms with Crippen LogP contribution in [0.15, 0.2) is 49.1 Å². The molecule has 4 aliphatic heterocycles. The van der Waals surface area contributed by atoms with Crippen LogP contribution in [0.3, 0.4) is 0 Å². The van der Waals surface area contributed by atoms with E-state index in [-0.39, 0.29) is 23.4 Å². The number of hydrogen-bond donors (Lipinski definition) is 2. The van der Waals surface area contributed by atoms with Crippen molar-refractivity contribution in [3.63, 3.8) is 0 Å². The third-order valence-corrected chi connectivity index (χ3v) is 11.3. The van der Waals surface area contributed by atoms with Gasteiger partial charge in [-0.05, 0) is 62.1 Å². The second-order valence-electron chi connectivity index (χ2n) is 14.1. The molecule has 2 amide bonds. The molecule has 242 valence electrons. The molecule has 2 aromatic heterocycles. The van der Waals surface area contributed by atoms with E-state index >= 15 is 0 Å². The number of hydrazine groups is 1. The molecule has 46 heavy (non-hydrogen) atoms. The smallest absolute Gasteiger partial charge is 0.237 e. The lowest BCUT2D eigenvalue weighted by Crippen LogP contribution is -2.47. The molecule has 0 bridgehead atoms. The van der Waals surface area contributed by atoms with Gasteiger partial charge in [-0.2, -0.15) is 10.2 Å². The number of amides is 2. The van der Waals surface area contributed by atoms with Crippen molar-refractivity contribution < 1.29 is 9.59 Å². The van der Waals surface area contributed by atoms with Gasteiger partial charge < -0.3 is 9.80 Å². The number of carbonyl (C=O) groups excluding carboxylic acids is 2. The Hall–Kier alpha value is -3.87. The summed E-state index contributed by atoms with van der Waals surface area (Å²) in [5.74, 6) is 1.64. The highest BCUT2D eigenvalue weighted by Gasteiger charge is 2.53. The molecule has 12 heteroatoms.